The van der Waals surface area contributed by atoms with Gasteiger partial charge in [-0.15, -0.1) is 13.2 Å². The monoisotopic (exact) mass is 525 g/mol. The Bertz CT molecular complexity index is 1330. The van der Waals surface area contributed by atoms with E-state index < -0.39 is 10.0 Å². The van der Waals surface area contributed by atoms with Gasteiger partial charge in [0.2, 0.25) is 10.0 Å². The molecule has 0 bridgehead atoms. The Balaban J connectivity index is 1.66. The van der Waals surface area contributed by atoms with Crippen LogP contribution in [0.5, 0.6) is 0 Å². The minimum atomic E-state index is -3.75. The van der Waals surface area contributed by atoms with Gasteiger partial charge in [0.15, 0.2) is 5.13 Å². The first-order valence-corrected chi connectivity index (χ1v) is 14.1. The first-order valence-electron chi connectivity index (χ1n) is 11.9. The number of aryl methyl sites for hydroxylation is 2. The summed E-state index contributed by atoms with van der Waals surface area (Å²) in [6.07, 6.45) is 4.84. The van der Waals surface area contributed by atoms with E-state index in [1.165, 1.54) is 45.5 Å². The molecule has 36 heavy (non-hydrogen) atoms. The molecule has 9 heteroatoms. The Hall–Kier alpha value is -2.85. The van der Waals surface area contributed by atoms with Crippen LogP contribution < -0.4 is 4.90 Å². The van der Waals surface area contributed by atoms with E-state index in [1.54, 1.807) is 17.0 Å². The van der Waals surface area contributed by atoms with Crippen molar-refractivity contribution in [1.29, 1.82) is 0 Å². The Morgan fingerprint density at radius 2 is 1.81 bits per heavy atom. The van der Waals surface area contributed by atoms with E-state index in [0.29, 0.717) is 23.8 Å². The van der Waals surface area contributed by atoms with Gasteiger partial charge in [0.05, 0.1) is 27.8 Å². The fourth-order valence-electron chi connectivity index (χ4n) is 4.16. The van der Waals surface area contributed by atoms with E-state index in [1.807, 2.05) is 13.0 Å². The Labute approximate surface area is 216 Å². The second-order valence-electron chi connectivity index (χ2n) is 8.88. The predicted molar refractivity (Wildman–Crippen MR) is 145 cm³/mol. The molecule has 2 aromatic carbocycles. The molecular formula is C27H31N3O4S2. The van der Waals surface area contributed by atoms with Crippen molar-refractivity contribution in [2.75, 3.05) is 31.1 Å². The number of benzene rings is 2. The maximum Gasteiger partial charge on any atom is 0.260 e. The molecule has 1 unspecified atom stereocenters. The van der Waals surface area contributed by atoms with Crippen LogP contribution in [0.1, 0.15) is 34.3 Å². The van der Waals surface area contributed by atoms with Gasteiger partial charge in [-0.05, 0) is 74.2 Å². The summed E-state index contributed by atoms with van der Waals surface area (Å²) in [6.45, 7) is 12.8. The van der Waals surface area contributed by atoms with Crippen molar-refractivity contribution < 1.29 is 17.9 Å². The fourth-order valence-corrected chi connectivity index (χ4v) is 6.59. The molecule has 1 saturated heterocycles. The van der Waals surface area contributed by atoms with E-state index in [2.05, 4.69) is 26.1 Å². The number of sulfonamides is 1. The molecule has 0 spiro atoms. The number of fused-ring (bicyclic) bond motifs is 1. The number of thiazole rings is 1. The minimum Gasteiger partial charge on any atom is -0.376 e. The molecule has 1 amide bonds. The molecule has 1 aliphatic rings. The number of amides is 1. The summed E-state index contributed by atoms with van der Waals surface area (Å²) in [5.74, 6) is -0.240. The number of hydrogen-bond donors (Lipinski definition) is 0. The van der Waals surface area contributed by atoms with Crippen LogP contribution in [0, 0.1) is 13.8 Å². The lowest BCUT2D eigenvalue weighted by atomic mass is 10.1. The topological polar surface area (TPSA) is 79.8 Å². The summed E-state index contributed by atoms with van der Waals surface area (Å²) in [6, 6.07) is 10.2. The summed E-state index contributed by atoms with van der Waals surface area (Å²) >= 11 is 1.47. The standard InChI is InChI=1S/C27H31N3O4S2/c1-5-13-29(14-6-2)36(32,33)23-11-9-21(10-12-23)26(31)30(18-22-8-7-15-34-22)27-28-24-16-19(3)20(4)17-25(24)35-27/h5-6,9-12,16-17,22H,1-2,7-8,13-15,18H2,3-4H3. The van der Waals surface area contributed by atoms with Crippen LogP contribution in [0.15, 0.2) is 66.6 Å². The third-order valence-electron chi connectivity index (χ3n) is 6.28. The van der Waals surface area contributed by atoms with E-state index in [0.717, 1.165) is 28.6 Å². The van der Waals surface area contributed by atoms with Gasteiger partial charge < -0.3 is 4.74 Å². The van der Waals surface area contributed by atoms with Crippen molar-refractivity contribution in [2.24, 2.45) is 0 Å². The lowest BCUT2D eigenvalue weighted by molar-refractivity contribution is 0.0917. The largest absolute Gasteiger partial charge is 0.376 e. The average Bonchev–Trinajstić information content (AvgIpc) is 3.52. The van der Waals surface area contributed by atoms with Crippen LogP contribution in [0.4, 0.5) is 5.13 Å². The first-order chi connectivity index (χ1) is 17.2. The third kappa shape index (κ3) is 5.44. The molecule has 1 atom stereocenters. The average molecular weight is 526 g/mol. The van der Waals surface area contributed by atoms with Gasteiger partial charge in [-0.1, -0.05) is 23.5 Å². The van der Waals surface area contributed by atoms with Crippen LogP contribution in [0.25, 0.3) is 10.2 Å². The summed E-state index contributed by atoms with van der Waals surface area (Å²) in [5, 5.41) is 0.607. The molecule has 2 heterocycles. The highest BCUT2D eigenvalue weighted by Crippen LogP contribution is 2.32. The Morgan fingerprint density at radius 1 is 1.14 bits per heavy atom. The number of carbonyl (C=O) groups excluding carboxylic acids is 1. The zero-order chi connectivity index (χ0) is 25.9. The van der Waals surface area contributed by atoms with Crippen LogP contribution in [-0.2, 0) is 14.8 Å². The fraction of sp³-hybridized carbons (Fsp3) is 0.333. The molecule has 7 nitrogen and oxygen atoms in total. The summed E-state index contributed by atoms with van der Waals surface area (Å²) in [5.41, 5.74) is 3.57. The number of nitrogens with zero attached hydrogens (tertiary/aromatic N) is 3. The van der Waals surface area contributed by atoms with E-state index in [-0.39, 0.29) is 30.0 Å². The molecule has 0 N–H and O–H groups in total. The first kappa shape index (κ1) is 26.2. The normalized spacial score (nSPS) is 15.9. The van der Waals surface area contributed by atoms with E-state index in [4.69, 9.17) is 9.72 Å². The number of anilines is 1. The van der Waals surface area contributed by atoms with Crippen molar-refractivity contribution >= 4 is 42.6 Å². The van der Waals surface area contributed by atoms with Gasteiger partial charge in [-0.2, -0.15) is 4.31 Å². The zero-order valence-corrected chi connectivity index (χ0v) is 22.3. The third-order valence-corrected chi connectivity index (χ3v) is 9.17. The quantitative estimate of drug-likeness (QED) is 0.344. The van der Waals surface area contributed by atoms with E-state index >= 15 is 0 Å². The molecule has 1 aliphatic heterocycles. The predicted octanol–water partition coefficient (Wildman–Crippen LogP) is 5.10. The summed E-state index contributed by atoms with van der Waals surface area (Å²) in [7, 11) is -3.75. The summed E-state index contributed by atoms with van der Waals surface area (Å²) in [4.78, 5) is 20.2. The van der Waals surface area contributed by atoms with Crippen LogP contribution in [0.2, 0.25) is 0 Å². The van der Waals surface area contributed by atoms with Gasteiger partial charge in [-0.3, -0.25) is 9.69 Å². The van der Waals surface area contributed by atoms with E-state index in [9.17, 15) is 13.2 Å². The van der Waals surface area contributed by atoms with Crippen LogP contribution in [0.3, 0.4) is 0 Å². The van der Waals surface area contributed by atoms with Crippen molar-refractivity contribution in [3.05, 3.63) is 78.4 Å². The molecular weight excluding hydrogens is 494 g/mol. The number of hydrogen-bond acceptors (Lipinski definition) is 6. The molecule has 0 aliphatic carbocycles. The SMILES string of the molecule is C=CCN(CC=C)S(=O)(=O)c1ccc(C(=O)N(CC2CCCO2)c2nc3cc(C)c(C)cc3s2)cc1. The minimum absolute atomic E-state index is 0.0598. The maximum atomic E-state index is 13.7. The van der Waals surface area contributed by atoms with Crippen molar-refractivity contribution in [3.8, 4) is 0 Å². The highest BCUT2D eigenvalue weighted by molar-refractivity contribution is 7.89. The molecule has 1 fully saturated rings. The van der Waals surface area contributed by atoms with Gasteiger partial charge in [-0.25, -0.2) is 13.4 Å². The van der Waals surface area contributed by atoms with Gasteiger partial charge in [0.1, 0.15) is 0 Å². The molecule has 3 aromatic rings. The highest BCUT2D eigenvalue weighted by atomic mass is 32.2. The molecule has 190 valence electrons. The number of ether oxygens (including phenoxy) is 1. The summed E-state index contributed by atoms with van der Waals surface area (Å²) < 4.78 is 34.2. The van der Waals surface area contributed by atoms with Crippen LogP contribution in [-0.4, -0.2) is 56.0 Å². The van der Waals surface area contributed by atoms with Gasteiger partial charge in [0.25, 0.3) is 5.91 Å². The van der Waals surface area contributed by atoms with Gasteiger partial charge in [0, 0.05) is 25.3 Å². The number of carbonyl (C=O) groups is 1. The van der Waals surface area contributed by atoms with Gasteiger partial charge >= 0.3 is 0 Å². The van der Waals surface area contributed by atoms with Crippen molar-refractivity contribution in [1.82, 2.24) is 9.29 Å². The molecule has 1 aromatic heterocycles. The molecule has 0 radical (unpaired) electrons. The lowest BCUT2D eigenvalue weighted by Crippen LogP contribution is -2.37. The number of aromatic nitrogens is 1. The van der Waals surface area contributed by atoms with Crippen LogP contribution >= 0.6 is 11.3 Å². The number of rotatable bonds is 10. The van der Waals surface area contributed by atoms with Crippen molar-refractivity contribution in [2.45, 2.75) is 37.7 Å². The maximum absolute atomic E-state index is 13.7. The second kappa shape index (κ2) is 11.0. The molecule has 0 saturated carbocycles. The lowest BCUT2D eigenvalue weighted by Gasteiger charge is -2.23. The van der Waals surface area contributed by atoms with Crippen molar-refractivity contribution in [3.63, 3.8) is 0 Å². The Morgan fingerprint density at radius 3 is 2.42 bits per heavy atom. The Kier molecular flexibility index (Phi) is 8.04. The zero-order valence-electron chi connectivity index (χ0n) is 20.6. The highest BCUT2D eigenvalue weighted by Gasteiger charge is 2.28. The second-order valence-corrected chi connectivity index (χ2v) is 11.8. The molecule has 4 rings (SSSR count). The smallest absolute Gasteiger partial charge is 0.260 e.